The summed E-state index contributed by atoms with van der Waals surface area (Å²) in [6.45, 7) is 0. The fourth-order valence-electron chi connectivity index (χ4n) is 0.852. The van der Waals surface area contributed by atoms with Crippen molar-refractivity contribution < 1.29 is 4.79 Å². The van der Waals surface area contributed by atoms with E-state index in [0.29, 0.717) is 11.3 Å². The first kappa shape index (κ1) is 9.55. The van der Waals surface area contributed by atoms with Gasteiger partial charge in [0.05, 0.1) is 11.6 Å². The number of carbonyl (C=O) groups is 1. The molecule has 0 heterocycles. The number of halogens is 2. The summed E-state index contributed by atoms with van der Waals surface area (Å²) in [5.74, 6) is -0.198. The number of benzene rings is 1. The van der Waals surface area contributed by atoms with Crippen molar-refractivity contribution in [1.29, 1.82) is 0 Å². The van der Waals surface area contributed by atoms with Crippen LogP contribution >= 0.6 is 27.5 Å². The maximum absolute atomic E-state index is 11.2. The van der Waals surface area contributed by atoms with Crippen LogP contribution in [0.5, 0.6) is 0 Å². The molecule has 2 N–H and O–H groups in total. The molecule has 0 unspecified atom stereocenters. The SMILES string of the molecule is Nc1c(Br)cccc1C(=O)CCl. The molecule has 0 saturated heterocycles. The lowest BCUT2D eigenvalue weighted by Gasteiger charge is -2.03. The van der Waals surface area contributed by atoms with Gasteiger partial charge in [0.15, 0.2) is 5.78 Å². The molecule has 0 atom stereocenters. The van der Waals surface area contributed by atoms with Crippen LogP contribution in [0.2, 0.25) is 0 Å². The smallest absolute Gasteiger partial charge is 0.179 e. The predicted molar refractivity (Wildman–Crippen MR) is 53.6 cm³/mol. The molecule has 4 heteroatoms. The molecule has 12 heavy (non-hydrogen) atoms. The van der Waals surface area contributed by atoms with Gasteiger partial charge in [-0.15, -0.1) is 11.6 Å². The van der Waals surface area contributed by atoms with Gasteiger partial charge in [-0.2, -0.15) is 0 Å². The van der Waals surface area contributed by atoms with Gasteiger partial charge in [-0.1, -0.05) is 6.07 Å². The molecule has 64 valence electrons. The van der Waals surface area contributed by atoms with Crippen LogP contribution in [0.4, 0.5) is 5.69 Å². The number of hydrogen-bond donors (Lipinski definition) is 1. The Hall–Kier alpha value is -0.540. The van der Waals surface area contributed by atoms with Crippen LogP contribution in [0.25, 0.3) is 0 Å². The number of anilines is 1. The van der Waals surface area contributed by atoms with E-state index in [9.17, 15) is 4.79 Å². The summed E-state index contributed by atoms with van der Waals surface area (Å²) in [5.41, 5.74) is 6.55. The van der Waals surface area contributed by atoms with E-state index in [1.165, 1.54) is 0 Å². The number of nitrogen functional groups attached to an aromatic ring is 1. The minimum atomic E-state index is -0.157. The highest BCUT2D eigenvalue weighted by atomic mass is 79.9. The van der Waals surface area contributed by atoms with E-state index >= 15 is 0 Å². The van der Waals surface area contributed by atoms with Crippen LogP contribution < -0.4 is 5.73 Å². The summed E-state index contributed by atoms with van der Waals surface area (Å²) >= 11 is 8.61. The maximum atomic E-state index is 11.2. The van der Waals surface area contributed by atoms with E-state index in [1.807, 2.05) is 0 Å². The highest BCUT2D eigenvalue weighted by Gasteiger charge is 2.09. The van der Waals surface area contributed by atoms with E-state index in [0.717, 1.165) is 4.47 Å². The standard InChI is InChI=1S/C8H7BrClNO/c9-6-3-1-2-5(8(6)11)7(12)4-10/h1-3H,4,11H2. The van der Waals surface area contributed by atoms with Gasteiger partial charge in [-0.25, -0.2) is 0 Å². The first-order valence-corrected chi connectivity index (χ1v) is 4.62. The van der Waals surface area contributed by atoms with Gasteiger partial charge in [-0.3, -0.25) is 4.79 Å². The fraction of sp³-hybridized carbons (Fsp3) is 0.125. The average Bonchev–Trinajstić information content (AvgIpc) is 2.08. The minimum absolute atomic E-state index is 0.0410. The zero-order valence-corrected chi connectivity index (χ0v) is 8.52. The second-order valence-electron chi connectivity index (χ2n) is 2.26. The van der Waals surface area contributed by atoms with Crippen LogP contribution in [0.3, 0.4) is 0 Å². The molecular weight excluding hydrogens is 241 g/mol. The summed E-state index contributed by atoms with van der Waals surface area (Å²) in [6, 6.07) is 5.19. The van der Waals surface area contributed by atoms with Crippen LogP contribution in [-0.4, -0.2) is 11.7 Å². The van der Waals surface area contributed by atoms with E-state index in [2.05, 4.69) is 15.9 Å². The molecule has 2 nitrogen and oxygen atoms in total. The molecule has 0 aromatic heterocycles. The lowest BCUT2D eigenvalue weighted by atomic mass is 10.1. The third-order valence-corrected chi connectivity index (χ3v) is 2.41. The number of Topliss-reactive ketones (excluding diaryl/α,β-unsaturated/α-hetero) is 1. The Bertz CT molecular complexity index is 314. The van der Waals surface area contributed by atoms with Gasteiger partial charge in [0.25, 0.3) is 0 Å². The molecule has 0 radical (unpaired) electrons. The lowest BCUT2D eigenvalue weighted by molar-refractivity contribution is 0.102. The van der Waals surface area contributed by atoms with Crippen molar-refractivity contribution in [1.82, 2.24) is 0 Å². The van der Waals surface area contributed by atoms with E-state index in [-0.39, 0.29) is 11.7 Å². The second-order valence-corrected chi connectivity index (χ2v) is 3.38. The van der Waals surface area contributed by atoms with E-state index in [1.54, 1.807) is 18.2 Å². The number of nitrogens with two attached hydrogens (primary N) is 1. The van der Waals surface area contributed by atoms with Crippen molar-refractivity contribution in [2.75, 3.05) is 11.6 Å². The Balaban J connectivity index is 3.16. The number of ketones is 1. The van der Waals surface area contributed by atoms with Crippen molar-refractivity contribution in [2.24, 2.45) is 0 Å². The molecule has 0 bridgehead atoms. The number of para-hydroxylation sites is 1. The Morgan fingerprint density at radius 2 is 2.25 bits per heavy atom. The number of carbonyl (C=O) groups excluding carboxylic acids is 1. The fourth-order valence-corrected chi connectivity index (χ4v) is 1.36. The van der Waals surface area contributed by atoms with Gasteiger partial charge < -0.3 is 5.73 Å². The third-order valence-electron chi connectivity index (χ3n) is 1.47. The minimum Gasteiger partial charge on any atom is -0.397 e. The molecule has 1 aromatic carbocycles. The normalized spacial score (nSPS) is 9.83. The Kier molecular flexibility index (Phi) is 3.12. The topological polar surface area (TPSA) is 43.1 Å². The maximum Gasteiger partial charge on any atom is 0.179 e. The van der Waals surface area contributed by atoms with Crippen molar-refractivity contribution in [2.45, 2.75) is 0 Å². The molecule has 0 aliphatic carbocycles. The molecule has 0 saturated carbocycles. The zero-order valence-electron chi connectivity index (χ0n) is 6.18. The van der Waals surface area contributed by atoms with Crippen LogP contribution in [0.15, 0.2) is 22.7 Å². The van der Waals surface area contributed by atoms with Crippen LogP contribution in [0.1, 0.15) is 10.4 Å². The summed E-state index contributed by atoms with van der Waals surface area (Å²) in [7, 11) is 0. The summed E-state index contributed by atoms with van der Waals surface area (Å²) in [6.07, 6.45) is 0. The lowest BCUT2D eigenvalue weighted by Crippen LogP contribution is -2.04. The number of rotatable bonds is 2. The molecule has 0 aliphatic heterocycles. The average molecular weight is 249 g/mol. The van der Waals surface area contributed by atoms with E-state index in [4.69, 9.17) is 17.3 Å². The molecular formula is C8H7BrClNO. The van der Waals surface area contributed by atoms with Gasteiger partial charge in [0.2, 0.25) is 0 Å². The van der Waals surface area contributed by atoms with Crippen LogP contribution in [0, 0.1) is 0 Å². The van der Waals surface area contributed by atoms with Gasteiger partial charge in [0.1, 0.15) is 0 Å². The Morgan fingerprint density at radius 1 is 1.58 bits per heavy atom. The van der Waals surface area contributed by atoms with Crippen molar-refractivity contribution >= 4 is 39.0 Å². The van der Waals surface area contributed by atoms with Crippen molar-refractivity contribution in [3.63, 3.8) is 0 Å². The summed E-state index contributed by atoms with van der Waals surface area (Å²) in [4.78, 5) is 11.2. The Morgan fingerprint density at radius 3 is 2.83 bits per heavy atom. The summed E-state index contributed by atoms with van der Waals surface area (Å²) < 4.78 is 0.721. The first-order valence-electron chi connectivity index (χ1n) is 3.30. The highest BCUT2D eigenvalue weighted by molar-refractivity contribution is 9.10. The van der Waals surface area contributed by atoms with Crippen molar-refractivity contribution in [3.8, 4) is 0 Å². The zero-order chi connectivity index (χ0) is 9.14. The number of alkyl halides is 1. The predicted octanol–water partition coefficient (Wildman–Crippen LogP) is 2.45. The molecule has 0 fully saturated rings. The van der Waals surface area contributed by atoms with E-state index < -0.39 is 0 Å². The molecule has 0 spiro atoms. The highest BCUT2D eigenvalue weighted by Crippen LogP contribution is 2.23. The molecule has 1 aromatic rings. The quantitative estimate of drug-likeness (QED) is 0.496. The Labute approximate surface area is 83.8 Å². The largest absolute Gasteiger partial charge is 0.397 e. The molecule has 0 amide bonds. The molecule has 0 aliphatic rings. The first-order chi connectivity index (χ1) is 5.66. The van der Waals surface area contributed by atoms with Gasteiger partial charge in [0, 0.05) is 10.0 Å². The molecule has 1 rings (SSSR count). The van der Waals surface area contributed by atoms with Crippen LogP contribution in [-0.2, 0) is 0 Å². The number of hydrogen-bond acceptors (Lipinski definition) is 2. The third kappa shape index (κ3) is 1.79. The van der Waals surface area contributed by atoms with Gasteiger partial charge in [-0.05, 0) is 28.1 Å². The van der Waals surface area contributed by atoms with Crippen molar-refractivity contribution in [3.05, 3.63) is 28.2 Å². The second kappa shape index (κ2) is 3.92. The van der Waals surface area contributed by atoms with Gasteiger partial charge >= 0.3 is 0 Å². The monoisotopic (exact) mass is 247 g/mol. The summed E-state index contributed by atoms with van der Waals surface area (Å²) in [5, 5.41) is 0.